The lowest BCUT2D eigenvalue weighted by Crippen LogP contribution is -2.49. The summed E-state index contributed by atoms with van der Waals surface area (Å²) >= 11 is 0. The van der Waals surface area contributed by atoms with Gasteiger partial charge in [0.05, 0.1) is 13.7 Å². The number of methoxy groups -OCH3 is 1. The van der Waals surface area contributed by atoms with Gasteiger partial charge in [0.1, 0.15) is 6.33 Å². The minimum Gasteiger partial charge on any atom is -0.490 e. The molecule has 2 heterocycles. The monoisotopic (exact) mass is 305 g/mol. The topological polar surface area (TPSA) is 53.5 Å². The molecule has 1 aliphatic rings. The Kier molecular flexibility index (Phi) is 4.71. The van der Waals surface area contributed by atoms with Crippen molar-refractivity contribution >= 4 is 11.6 Å². The van der Waals surface area contributed by atoms with Gasteiger partial charge in [0, 0.05) is 33.2 Å². The predicted molar refractivity (Wildman–Crippen MR) is 72.8 cm³/mol. The van der Waals surface area contributed by atoms with Crippen molar-refractivity contribution in [3.63, 3.8) is 0 Å². The lowest BCUT2D eigenvalue weighted by atomic mass is 10.3. The van der Waals surface area contributed by atoms with Gasteiger partial charge in [-0.15, -0.1) is 0 Å². The number of piperazine rings is 1. The maximum absolute atomic E-state index is 12.4. The summed E-state index contributed by atoms with van der Waals surface area (Å²) in [4.78, 5) is 11.5. The normalized spacial score (nSPS) is 16.9. The van der Waals surface area contributed by atoms with Gasteiger partial charge in [0.2, 0.25) is 5.75 Å². The van der Waals surface area contributed by atoms with Gasteiger partial charge in [-0.3, -0.25) is 4.90 Å². The van der Waals surface area contributed by atoms with E-state index in [0.29, 0.717) is 43.6 Å². The van der Waals surface area contributed by atoms with Crippen LogP contribution in [0.3, 0.4) is 0 Å². The third-order valence-corrected chi connectivity index (χ3v) is 3.30. The smallest absolute Gasteiger partial charge is 0.401 e. The standard InChI is InChI=1S/C12H18F3N5O/c1-16-10-9(21-2)11(18-8-17-10)20-5-3-19(4-6-20)7-12(13,14)15/h8H,3-7H2,1-2H3,(H,16,17,18). The van der Waals surface area contributed by atoms with Gasteiger partial charge in [-0.2, -0.15) is 13.2 Å². The maximum Gasteiger partial charge on any atom is 0.401 e. The molecule has 0 saturated carbocycles. The van der Waals surface area contributed by atoms with E-state index in [1.165, 1.54) is 18.3 Å². The number of halogens is 3. The molecular formula is C12H18F3N5O. The van der Waals surface area contributed by atoms with Crippen molar-refractivity contribution in [3.05, 3.63) is 6.33 Å². The summed E-state index contributed by atoms with van der Waals surface area (Å²) in [6, 6.07) is 0. The first-order valence-corrected chi connectivity index (χ1v) is 6.55. The highest BCUT2D eigenvalue weighted by atomic mass is 19.4. The first-order chi connectivity index (χ1) is 9.94. The Balaban J connectivity index is 2.06. The molecule has 0 amide bonds. The molecule has 6 nitrogen and oxygen atoms in total. The van der Waals surface area contributed by atoms with Crippen molar-refractivity contribution in [1.82, 2.24) is 14.9 Å². The van der Waals surface area contributed by atoms with E-state index >= 15 is 0 Å². The first kappa shape index (κ1) is 15.6. The first-order valence-electron chi connectivity index (χ1n) is 6.55. The number of nitrogens with one attached hydrogen (secondary N) is 1. The van der Waals surface area contributed by atoms with Crippen LogP contribution in [0.25, 0.3) is 0 Å². The summed E-state index contributed by atoms with van der Waals surface area (Å²) in [5.41, 5.74) is 0. The molecule has 0 spiro atoms. The van der Waals surface area contributed by atoms with Crippen LogP contribution in [0.5, 0.6) is 5.75 Å². The second kappa shape index (κ2) is 6.33. The molecule has 118 valence electrons. The van der Waals surface area contributed by atoms with Crippen molar-refractivity contribution in [2.24, 2.45) is 0 Å². The van der Waals surface area contributed by atoms with Crippen LogP contribution in [0.15, 0.2) is 6.33 Å². The highest BCUT2D eigenvalue weighted by Crippen LogP contribution is 2.32. The van der Waals surface area contributed by atoms with E-state index in [-0.39, 0.29) is 0 Å². The molecule has 1 aromatic heterocycles. The van der Waals surface area contributed by atoms with Crippen molar-refractivity contribution in [3.8, 4) is 5.75 Å². The molecule has 1 aromatic rings. The molecule has 9 heteroatoms. The number of hydrogen-bond acceptors (Lipinski definition) is 6. The van der Waals surface area contributed by atoms with Gasteiger partial charge in [0.15, 0.2) is 11.6 Å². The Hall–Kier alpha value is -1.77. The lowest BCUT2D eigenvalue weighted by Gasteiger charge is -2.36. The fourth-order valence-corrected chi connectivity index (χ4v) is 2.33. The van der Waals surface area contributed by atoms with Crippen LogP contribution in [0.1, 0.15) is 0 Å². The van der Waals surface area contributed by atoms with E-state index in [0.717, 1.165) is 0 Å². The third-order valence-electron chi connectivity index (χ3n) is 3.30. The highest BCUT2D eigenvalue weighted by Gasteiger charge is 2.32. The predicted octanol–water partition coefficient (Wildman–Crippen LogP) is 1.21. The maximum atomic E-state index is 12.4. The van der Waals surface area contributed by atoms with Crippen LogP contribution >= 0.6 is 0 Å². The molecule has 0 radical (unpaired) electrons. The number of alkyl halides is 3. The molecule has 0 aliphatic carbocycles. The second-order valence-electron chi connectivity index (χ2n) is 4.71. The minimum atomic E-state index is -4.16. The summed E-state index contributed by atoms with van der Waals surface area (Å²) in [5.74, 6) is 1.66. The van der Waals surface area contributed by atoms with Gasteiger partial charge in [0.25, 0.3) is 0 Å². The lowest BCUT2D eigenvalue weighted by molar-refractivity contribution is -0.146. The third kappa shape index (κ3) is 3.87. The van der Waals surface area contributed by atoms with Crippen LogP contribution in [0, 0.1) is 0 Å². The Morgan fingerprint density at radius 3 is 2.43 bits per heavy atom. The molecule has 1 N–H and O–H groups in total. The SMILES string of the molecule is CNc1ncnc(N2CCN(CC(F)(F)F)CC2)c1OC. The summed E-state index contributed by atoms with van der Waals surface area (Å²) in [6.45, 7) is 0.728. The Morgan fingerprint density at radius 1 is 1.24 bits per heavy atom. The van der Waals surface area contributed by atoms with Crippen LogP contribution in [-0.2, 0) is 0 Å². The zero-order valence-electron chi connectivity index (χ0n) is 11.9. The number of ether oxygens (including phenoxy) is 1. The number of anilines is 2. The van der Waals surface area contributed by atoms with E-state index in [1.807, 2.05) is 4.90 Å². The van der Waals surface area contributed by atoms with E-state index in [4.69, 9.17) is 4.74 Å². The number of hydrogen-bond donors (Lipinski definition) is 1. The fourth-order valence-electron chi connectivity index (χ4n) is 2.33. The number of nitrogens with zero attached hydrogens (tertiary/aromatic N) is 4. The Labute approximate surface area is 120 Å². The Morgan fingerprint density at radius 2 is 1.90 bits per heavy atom. The minimum absolute atomic E-state index is 0.335. The summed E-state index contributed by atoms with van der Waals surface area (Å²) in [6.07, 6.45) is -2.75. The van der Waals surface area contributed by atoms with Crippen molar-refractivity contribution in [2.75, 3.05) is 57.1 Å². The Bertz CT molecular complexity index is 474. The molecule has 21 heavy (non-hydrogen) atoms. The van der Waals surface area contributed by atoms with Crippen LogP contribution in [0.2, 0.25) is 0 Å². The summed E-state index contributed by atoms with van der Waals surface area (Å²) in [5, 5.41) is 2.90. The molecular weight excluding hydrogens is 287 g/mol. The fraction of sp³-hybridized carbons (Fsp3) is 0.667. The zero-order chi connectivity index (χ0) is 15.5. The molecule has 1 saturated heterocycles. The van der Waals surface area contributed by atoms with E-state index < -0.39 is 12.7 Å². The van der Waals surface area contributed by atoms with Gasteiger partial charge in [-0.25, -0.2) is 9.97 Å². The van der Waals surface area contributed by atoms with Crippen LogP contribution in [0.4, 0.5) is 24.8 Å². The summed E-state index contributed by atoms with van der Waals surface area (Å²) in [7, 11) is 3.23. The van der Waals surface area contributed by atoms with Crippen molar-refractivity contribution < 1.29 is 17.9 Å². The van der Waals surface area contributed by atoms with Crippen molar-refractivity contribution in [2.45, 2.75) is 6.18 Å². The van der Waals surface area contributed by atoms with Gasteiger partial charge in [-0.1, -0.05) is 0 Å². The van der Waals surface area contributed by atoms with E-state index in [9.17, 15) is 13.2 Å². The zero-order valence-corrected chi connectivity index (χ0v) is 11.9. The average Bonchev–Trinajstić information content (AvgIpc) is 2.45. The largest absolute Gasteiger partial charge is 0.490 e. The number of aromatic nitrogens is 2. The van der Waals surface area contributed by atoms with E-state index in [1.54, 1.807) is 7.05 Å². The number of rotatable bonds is 4. The molecule has 1 fully saturated rings. The molecule has 0 unspecified atom stereocenters. The average molecular weight is 305 g/mol. The van der Waals surface area contributed by atoms with Crippen LogP contribution in [-0.4, -0.2) is 67.9 Å². The summed E-state index contributed by atoms with van der Waals surface area (Å²) < 4.78 is 42.4. The quantitative estimate of drug-likeness (QED) is 0.902. The molecule has 1 aliphatic heterocycles. The van der Waals surface area contributed by atoms with Gasteiger partial charge >= 0.3 is 6.18 Å². The molecule has 0 bridgehead atoms. The van der Waals surface area contributed by atoms with Gasteiger partial charge < -0.3 is 15.0 Å². The van der Waals surface area contributed by atoms with Crippen LogP contribution < -0.4 is 15.0 Å². The van der Waals surface area contributed by atoms with Gasteiger partial charge in [-0.05, 0) is 0 Å². The highest BCUT2D eigenvalue weighted by molar-refractivity contribution is 5.64. The molecule has 2 rings (SSSR count). The molecule has 0 atom stereocenters. The molecule has 0 aromatic carbocycles. The van der Waals surface area contributed by atoms with Crippen molar-refractivity contribution in [1.29, 1.82) is 0 Å². The second-order valence-corrected chi connectivity index (χ2v) is 4.71. The van der Waals surface area contributed by atoms with E-state index in [2.05, 4.69) is 15.3 Å².